The van der Waals surface area contributed by atoms with Gasteiger partial charge in [-0.1, -0.05) is 12.1 Å². The Kier molecular flexibility index (Phi) is 4.93. The fraction of sp³-hybridized carbons (Fsp3) is 0.533. The van der Waals surface area contributed by atoms with Crippen molar-refractivity contribution in [2.75, 3.05) is 13.7 Å². The van der Waals surface area contributed by atoms with Gasteiger partial charge in [-0.3, -0.25) is 4.79 Å². The highest BCUT2D eigenvalue weighted by atomic mass is 16.5. The molecular formula is C15H22N2O2. The van der Waals surface area contributed by atoms with Gasteiger partial charge in [0.1, 0.15) is 0 Å². The molecule has 1 saturated carbocycles. The fourth-order valence-corrected chi connectivity index (χ4v) is 2.59. The normalized spacial score (nSPS) is 22.4. The molecule has 2 atom stereocenters. The van der Waals surface area contributed by atoms with Gasteiger partial charge < -0.3 is 15.8 Å². The van der Waals surface area contributed by atoms with E-state index in [0.29, 0.717) is 12.1 Å². The number of rotatable bonds is 5. The minimum Gasteiger partial charge on any atom is -0.381 e. The minimum atomic E-state index is 0.000578. The van der Waals surface area contributed by atoms with Crippen LogP contribution in [0.3, 0.4) is 0 Å². The molecule has 19 heavy (non-hydrogen) atoms. The summed E-state index contributed by atoms with van der Waals surface area (Å²) in [7, 11) is 1.73. The monoisotopic (exact) mass is 262 g/mol. The van der Waals surface area contributed by atoms with Crippen LogP contribution >= 0.6 is 0 Å². The van der Waals surface area contributed by atoms with Crippen LogP contribution in [0.2, 0.25) is 0 Å². The molecule has 1 aliphatic rings. The topological polar surface area (TPSA) is 64.3 Å². The number of amides is 1. The van der Waals surface area contributed by atoms with Crippen LogP contribution in [0.15, 0.2) is 24.3 Å². The zero-order valence-corrected chi connectivity index (χ0v) is 11.4. The van der Waals surface area contributed by atoms with Crippen molar-refractivity contribution in [1.29, 1.82) is 0 Å². The number of hydrogen-bond acceptors (Lipinski definition) is 3. The maximum Gasteiger partial charge on any atom is 0.251 e. The van der Waals surface area contributed by atoms with Crippen molar-refractivity contribution in [2.45, 2.75) is 37.8 Å². The summed E-state index contributed by atoms with van der Waals surface area (Å²) < 4.78 is 5.31. The first kappa shape index (κ1) is 14.0. The highest BCUT2D eigenvalue weighted by molar-refractivity contribution is 5.94. The first-order valence-corrected chi connectivity index (χ1v) is 6.85. The summed E-state index contributed by atoms with van der Waals surface area (Å²) in [6.45, 7) is 0.600. The number of ether oxygens (including phenoxy) is 1. The third-order valence-corrected chi connectivity index (χ3v) is 3.68. The standard InChI is InChI=1S/C15H22N2O2/c1-19-14-6-5-13(10-14)17-15(18)12-4-2-3-11(9-12)7-8-16/h2-4,9,13-14H,5-8,10,16H2,1H3,(H,17,18). The van der Waals surface area contributed by atoms with E-state index in [4.69, 9.17) is 10.5 Å². The highest BCUT2D eigenvalue weighted by Crippen LogP contribution is 2.21. The molecule has 1 amide bonds. The SMILES string of the molecule is COC1CCC(NC(=O)c2cccc(CCN)c2)C1. The summed E-state index contributed by atoms with van der Waals surface area (Å²) >= 11 is 0. The van der Waals surface area contributed by atoms with Crippen molar-refractivity contribution in [1.82, 2.24) is 5.32 Å². The van der Waals surface area contributed by atoms with Gasteiger partial charge in [0.15, 0.2) is 0 Å². The summed E-state index contributed by atoms with van der Waals surface area (Å²) in [5, 5.41) is 3.08. The van der Waals surface area contributed by atoms with Gasteiger partial charge in [-0.25, -0.2) is 0 Å². The second kappa shape index (κ2) is 6.68. The highest BCUT2D eigenvalue weighted by Gasteiger charge is 2.25. The minimum absolute atomic E-state index is 0.000578. The van der Waals surface area contributed by atoms with E-state index < -0.39 is 0 Å². The number of hydrogen-bond donors (Lipinski definition) is 2. The van der Waals surface area contributed by atoms with Crippen LogP contribution in [-0.4, -0.2) is 31.7 Å². The molecule has 1 aliphatic carbocycles. The molecule has 0 aliphatic heterocycles. The molecule has 0 spiro atoms. The maximum absolute atomic E-state index is 12.2. The van der Waals surface area contributed by atoms with E-state index in [-0.39, 0.29) is 18.1 Å². The fourth-order valence-electron chi connectivity index (χ4n) is 2.59. The maximum atomic E-state index is 12.2. The third kappa shape index (κ3) is 3.78. The van der Waals surface area contributed by atoms with Gasteiger partial charge in [0.2, 0.25) is 0 Å². The lowest BCUT2D eigenvalue weighted by atomic mass is 10.1. The Morgan fingerprint density at radius 3 is 3.00 bits per heavy atom. The molecule has 3 N–H and O–H groups in total. The van der Waals surface area contributed by atoms with Gasteiger partial charge in [-0.05, 0) is 49.9 Å². The number of carbonyl (C=O) groups is 1. The molecule has 0 aromatic heterocycles. The lowest BCUT2D eigenvalue weighted by Crippen LogP contribution is -2.33. The zero-order chi connectivity index (χ0) is 13.7. The van der Waals surface area contributed by atoms with E-state index in [1.165, 1.54) is 0 Å². The summed E-state index contributed by atoms with van der Waals surface area (Å²) in [5.41, 5.74) is 7.36. The quantitative estimate of drug-likeness (QED) is 0.845. The largest absolute Gasteiger partial charge is 0.381 e. The van der Waals surface area contributed by atoms with Crippen LogP contribution in [0.1, 0.15) is 35.2 Å². The summed E-state index contributed by atoms with van der Waals surface area (Å²) in [4.78, 5) is 12.2. The van der Waals surface area contributed by atoms with Crippen LogP contribution < -0.4 is 11.1 Å². The number of carbonyl (C=O) groups excluding carboxylic acids is 1. The van der Waals surface area contributed by atoms with Crippen LogP contribution in [0.25, 0.3) is 0 Å². The zero-order valence-electron chi connectivity index (χ0n) is 11.4. The molecule has 104 valence electrons. The van der Waals surface area contributed by atoms with E-state index >= 15 is 0 Å². The molecule has 0 heterocycles. The van der Waals surface area contributed by atoms with Crippen molar-refractivity contribution in [2.24, 2.45) is 5.73 Å². The van der Waals surface area contributed by atoms with Crippen molar-refractivity contribution < 1.29 is 9.53 Å². The molecule has 4 heteroatoms. The summed E-state index contributed by atoms with van der Waals surface area (Å²) in [5.74, 6) is 0.000578. The number of nitrogens with one attached hydrogen (secondary N) is 1. The Bertz CT molecular complexity index is 434. The van der Waals surface area contributed by atoms with Crippen LogP contribution in [0.4, 0.5) is 0 Å². The summed E-state index contributed by atoms with van der Waals surface area (Å²) in [6, 6.07) is 7.91. The average molecular weight is 262 g/mol. The first-order chi connectivity index (χ1) is 9.22. The van der Waals surface area contributed by atoms with Crippen molar-refractivity contribution >= 4 is 5.91 Å². The van der Waals surface area contributed by atoms with Gasteiger partial charge >= 0.3 is 0 Å². The Balaban J connectivity index is 1.94. The molecule has 0 radical (unpaired) electrons. The molecular weight excluding hydrogens is 240 g/mol. The van der Waals surface area contributed by atoms with Crippen LogP contribution in [0.5, 0.6) is 0 Å². The van der Waals surface area contributed by atoms with Gasteiger partial charge in [-0.15, -0.1) is 0 Å². The van der Waals surface area contributed by atoms with E-state index in [0.717, 1.165) is 31.2 Å². The van der Waals surface area contributed by atoms with E-state index in [1.807, 2.05) is 24.3 Å². The van der Waals surface area contributed by atoms with Gasteiger partial charge in [0, 0.05) is 18.7 Å². The van der Waals surface area contributed by atoms with Gasteiger partial charge in [0.05, 0.1) is 6.10 Å². The van der Waals surface area contributed by atoms with Gasteiger partial charge in [-0.2, -0.15) is 0 Å². The Hall–Kier alpha value is -1.39. The number of benzene rings is 1. The third-order valence-electron chi connectivity index (χ3n) is 3.68. The Labute approximate surface area is 114 Å². The predicted octanol–water partition coefficient (Wildman–Crippen LogP) is 1.49. The van der Waals surface area contributed by atoms with Crippen molar-refractivity contribution in [3.8, 4) is 0 Å². The Morgan fingerprint density at radius 1 is 1.47 bits per heavy atom. The molecule has 0 saturated heterocycles. The predicted molar refractivity (Wildman–Crippen MR) is 75.1 cm³/mol. The molecule has 2 unspecified atom stereocenters. The molecule has 1 aromatic rings. The lowest BCUT2D eigenvalue weighted by Gasteiger charge is -2.13. The van der Waals surface area contributed by atoms with E-state index in [9.17, 15) is 4.79 Å². The molecule has 4 nitrogen and oxygen atoms in total. The molecule has 2 rings (SSSR count). The van der Waals surface area contributed by atoms with E-state index in [1.54, 1.807) is 7.11 Å². The lowest BCUT2D eigenvalue weighted by molar-refractivity contribution is 0.0915. The summed E-state index contributed by atoms with van der Waals surface area (Å²) in [6.07, 6.45) is 4.01. The van der Waals surface area contributed by atoms with Gasteiger partial charge in [0.25, 0.3) is 5.91 Å². The number of nitrogens with two attached hydrogens (primary N) is 1. The smallest absolute Gasteiger partial charge is 0.251 e. The number of methoxy groups -OCH3 is 1. The first-order valence-electron chi connectivity index (χ1n) is 6.85. The Morgan fingerprint density at radius 2 is 2.32 bits per heavy atom. The van der Waals surface area contributed by atoms with E-state index in [2.05, 4.69) is 5.32 Å². The molecule has 1 fully saturated rings. The second-order valence-corrected chi connectivity index (χ2v) is 5.08. The van der Waals surface area contributed by atoms with Crippen LogP contribution in [0, 0.1) is 0 Å². The molecule has 1 aromatic carbocycles. The molecule has 0 bridgehead atoms. The van der Waals surface area contributed by atoms with Crippen molar-refractivity contribution in [3.63, 3.8) is 0 Å². The second-order valence-electron chi connectivity index (χ2n) is 5.08. The average Bonchev–Trinajstić information content (AvgIpc) is 2.87. The van der Waals surface area contributed by atoms with Crippen LogP contribution in [-0.2, 0) is 11.2 Å². The van der Waals surface area contributed by atoms with Crippen molar-refractivity contribution in [3.05, 3.63) is 35.4 Å².